The maximum Gasteiger partial charge on any atom is 0.328 e. The van der Waals surface area contributed by atoms with E-state index in [1.807, 2.05) is 18.2 Å². The molecule has 1 fully saturated rings. The van der Waals surface area contributed by atoms with Gasteiger partial charge in [-0.1, -0.05) is 0 Å². The van der Waals surface area contributed by atoms with E-state index in [-0.39, 0.29) is 0 Å². The minimum Gasteiger partial charge on any atom is -0.497 e. The highest BCUT2D eigenvalue weighted by Gasteiger charge is 2.60. The third-order valence-electron chi connectivity index (χ3n) is 5.98. The molecule has 2 aliphatic heterocycles. The molecule has 0 unspecified atom stereocenters. The van der Waals surface area contributed by atoms with Crippen molar-refractivity contribution in [2.45, 2.75) is 31.8 Å². The number of carboxylic acids is 1. The second-order valence-corrected chi connectivity index (χ2v) is 7.61. The summed E-state index contributed by atoms with van der Waals surface area (Å²) >= 11 is 0. The fraction of sp³-hybridized carbons (Fsp3) is 0.400. The summed E-state index contributed by atoms with van der Waals surface area (Å²) in [5.74, 6) is -1.75. The second kappa shape index (κ2) is 6.75. The van der Waals surface area contributed by atoms with E-state index in [2.05, 4.69) is 10.3 Å². The van der Waals surface area contributed by atoms with Crippen molar-refractivity contribution in [1.82, 2.24) is 20.1 Å². The number of fused-ring (bicyclic) bond motifs is 5. The highest BCUT2D eigenvalue weighted by Crippen LogP contribution is 2.45. The molecular formula is C20H22N4O6. The van der Waals surface area contributed by atoms with Gasteiger partial charge in [-0.2, -0.15) is 0 Å². The van der Waals surface area contributed by atoms with Crippen LogP contribution in [0.5, 0.6) is 5.75 Å². The molecule has 2 aromatic rings. The standard InChI is InChI=1S/C20H22N4O6/c1-10(17(27)21-9-15(25)26)24-18(28)20(2)16-12(6-7-23(20)19(24)29)13-8-11(30-3)4-5-14(13)22-16/h4-5,8,10,22H,6-7,9H2,1-3H3,(H,21,27)(H,25,26)/t10-,20-/m0/s1. The number of ether oxygens (including phenoxy) is 1. The summed E-state index contributed by atoms with van der Waals surface area (Å²) in [6.07, 6.45) is 0.546. The van der Waals surface area contributed by atoms with Gasteiger partial charge < -0.3 is 25.0 Å². The number of aromatic nitrogens is 1. The number of hydrogen-bond donors (Lipinski definition) is 3. The van der Waals surface area contributed by atoms with Crippen LogP contribution < -0.4 is 10.1 Å². The molecule has 0 radical (unpaired) electrons. The molecule has 3 heterocycles. The van der Waals surface area contributed by atoms with Crippen LogP contribution in [0.15, 0.2) is 18.2 Å². The first-order valence-electron chi connectivity index (χ1n) is 9.54. The number of benzene rings is 1. The zero-order valence-corrected chi connectivity index (χ0v) is 16.8. The smallest absolute Gasteiger partial charge is 0.328 e. The molecule has 2 atom stereocenters. The topological polar surface area (TPSA) is 132 Å². The Morgan fingerprint density at radius 3 is 2.77 bits per heavy atom. The van der Waals surface area contributed by atoms with Crippen LogP contribution in [-0.4, -0.2) is 69.9 Å². The number of aliphatic carboxylic acids is 1. The van der Waals surface area contributed by atoms with Gasteiger partial charge in [-0.3, -0.25) is 14.4 Å². The number of imide groups is 1. The van der Waals surface area contributed by atoms with Crippen molar-refractivity contribution in [2.75, 3.05) is 20.2 Å². The number of H-pyrrole nitrogens is 1. The number of carbonyl (C=O) groups is 4. The van der Waals surface area contributed by atoms with E-state index in [1.54, 1.807) is 14.0 Å². The molecule has 2 aliphatic rings. The molecule has 10 heteroatoms. The van der Waals surface area contributed by atoms with Gasteiger partial charge >= 0.3 is 12.0 Å². The Balaban J connectivity index is 1.74. The predicted octanol–water partition coefficient (Wildman–Crippen LogP) is 0.801. The van der Waals surface area contributed by atoms with E-state index in [0.29, 0.717) is 24.4 Å². The Morgan fingerprint density at radius 1 is 1.37 bits per heavy atom. The summed E-state index contributed by atoms with van der Waals surface area (Å²) in [7, 11) is 1.58. The van der Waals surface area contributed by atoms with Gasteiger partial charge in [0.15, 0.2) is 5.54 Å². The summed E-state index contributed by atoms with van der Waals surface area (Å²) in [4.78, 5) is 55.2. The summed E-state index contributed by atoms with van der Waals surface area (Å²) in [6.45, 7) is 2.80. The third-order valence-corrected chi connectivity index (χ3v) is 5.98. The molecule has 1 saturated heterocycles. The normalized spacial score (nSPS) is 21.4. The van der Waals surface area contributed by atoms with Crippen molar-refractivity contribution in [3.63, 3.8) is 0 Å². The van der Waals surface area contributed by atoms with Crippen molar-refractivity contribution in [1.29, 1.82) is 0 Å². The maximum absolute atomic E-state index is 13.4. The zero-order valence-electron chi connectivity index (χ0n) is 16.8. The molecule has 1 aromatic heterocycles. The van der Waals surface area contributed by atoms with E-state index in [1.165, 1.54) is 11.8 Å². The second-order valence-electron chi connectivity index (χ2n) is 7.61. The summed E-state index contributed by atoms with van der Waals surface area (Å²) in [5.41, 5.74) is 1.11. The van der Waals surface area contributed by atoms with Gasteiger partial charge in [-0.25, -0.2) is 9.69 Å². The number of amides is 4. The SMILES string of the molecule is COc1ccc2[nH]c3c(c2c1)CCN1C(=O)N([C@@H](C)C(=O)NCC(=O)O)C(=O)[C@]31C. The molecule has 4 rings (SSSR count). The Labute approximate surface area is 171 Å². The quantitative estimate of drug-likeness (QED) is 0.620. The lowest BCUT2D eigenvalue weighted by atomic mass is 9.87. The highest BCUT2D eigenvalue weighted by molar-refractivity contribution is 6.11. The van der Waals surface area contributed by atoms with Crippen LogP contribution in [0.1, 0.15) is 25.1 Å². The fourth-order valence-corrected chi connectivity index (χ4v) is 4.34. The Kier molecular flexibility index (Phi) is 4.44. The van der Waals surface area contributed by atoms with Crippen LogP contribution >= 0.6 is 0 Å². The molecule has 158 valence electrons. The summed E-state index contributed by atoms with van der Waals surface area (Å²) in [6, 6.07) is 3.86. The van der Waals surface area contributed by atoms with Crippen LogP contribution in [0.4, 0.5) is 4.79 Å². The van der Waals surface area contributed by atoms with Gasteiger partial charge in [0.25, 0.3) is 5.91 Å². The number of rotatable bonds is 5. The van der Waals surface area contributed by atoms with Crippen molar-refractivity contribution in [2.24, 2.45) is 0 Å². The lowest BCUT2D eigenvalue weighted by Crippen LogP contribution is -2.50. The highest BCUT2D eigenvalue weighted by atomic mass is 16.5. The third kappa shape index (κ3) is 2.63. The van der Waals surface area contributed by atoms with E-state index in [9.17, 15) is 19.2 Å². The largest absolute Gasteiger partial charge is 0.497 e. The maximum atomic E-state index is 13.4. The van der Waals surface area contributed by atoms with Crippen molar-refractivity contribution >= 4 is 34.7 Å². The van der Waals surface area contributed by atoms with Crippen LogP contribution in [-0.2, 0) is 26.3 Å². The van der Waals surface area contributed by atoms with Crippen molar-refractivity contribution in [3.05, 3.63) is 29.5 Å². The monoisotopic (exact) mass is 414 g/mol. The molecule has 0 saturated carbocycles. The Hall–Kier alpha value is -3.56. The number of nitrogens with zero attached hydrogens (tertiary/aromatic N) is 2. The fourth-order valence-electron chi connectivity index (χ4n) is 4.34. The van der Waals surface area contributed by atoms with Crippen LogP contribution in [0.2, 0.25) is 0 Å². The molecule has 0 spiro atoms. The first kappa shape index (κ1) is 19.7. The first-order valence-corrected chi connectivity index (χ1v) is 9.54. The van der Waals surface area contributed by atoms with Crippen molar-refractivity contribution < 1.29 is 29.0 Å². The number of hydrogen-bond acceptors (Lipinski definition) is 5. The number of urea groups is 1. The van der Waals surface area contributed by atoms with E-state index < -0.39 is 41.9 Å². The van der Waals surface area contributed by atoms with Gasteiger partial charge in [0, 0.05) is 17.4 Å². The minimum absolute atomic E-state index is 0.318. The number of methoxy groups -OCH3 is 1. The Bertz CT molecular complexity index is 1090. The van der Waals surface area contributed by atoms with Gasteiger partial charge in [-0.15, -0.1) is 0 Å². The van der Waals surface area contributed by atoms with E-state index in [4.69, 9.17) is 9.84 Å². The molecular weight excluding hydrogens is 392 g/mol. The zero-order chi connectivity index (χ0) is 21.8. The first-order chi connectivity index (χ1) is 14.2. The molecule has 4 amide bonds. The lowest BCUT2D eigenvalue weighted by Gasteiger charge is -2.36. The van der Waals surface area contributed by atoms with Crippen molar-refractivity contribution in [3.8, 4) is 5.75 Å². The number of nitrogens with one attached hydrogen (secondary N) is 2. The molecule has 30 heavy (non-hydrogen) atoms. The van der Waals surface area contributed by atoms with Crippen LogP contribution in [0.3, 0.4) is 0 Å². The summed E-state index contributed by atoms with van der Waals surface area (Å²) < 4.78 is 5.31. The lowest BCUT2D eigenvalue weighted by molar-refractivity contribution is -0.140. The minimum atomic E-state index is -1.28. The Morgan fingerprint density at radius 2 is 2.10 bits per heavy atom. The predicted molar refractivity (Wildman–Crippen MR) is 105 cm³/mol. The number of carboxylic acid groups (broad SMARTS) is 1. The average Bonchev–Trinajstić information content (AvgIpc) is 3.19. The summed E-state index contributed by atoms with van der Waals surface area (Å²) in [5, 5.41) is 11.9. The van der Waals surface area contributed by atoms with E-state index >= 15 is 0 Å². The van der Waals surface area contributed by atoms with Gasteiger partial charge in [0.1, 0.15) is 18.3 Å². The van der Waals surface area contributed by atoms with Gasteiger partial charge in [0.2, 0.25) is 5.91 Å². The molecule has 10 nitrogen and oxygen atoms in total. The van der Waals surface area contributed by atoms with E-state index in [0.717, 1.165) is 21.4 Å². The average molecular weight is 414 g/mol. The van der Waals surface area contributed by atoms with Gasteiger partial charge in [0.05, 0.1) is 12.8 Å². The number of carbonyl (C=O) groups excluding carboxylic acids is 3. The molecule has 0 bridgehead atoms. The molecule has 0 aliphatic carbocycles. The van der Waals surface area contributed by atoms with Gasteiger partial charge in [-0.05, 0) is 44.0 Å². The van der Waals surface area contributed by atoms with Crippen LogP contribution in [0, 0.1) is 0 Å². The molecule has 1 aromatic carbocycles. The van der Waals surface area contributed by atoms with Crippen LogP contribution in [0.25, 0.3) is 10.9 Å². The molecule has 3 N–H and O–H groups in total. The number of aromatic amines is 1.